The molecule has 102 valence electrons. The molecule has 0 amide bonds. The second-order valence-corrected chi connectivity index (χ2v) is 4.70. The minimum atomic E-state index is -4.67. The standard InChI is InChI=1S/C13H18F3NO/c1-9(2)6-7-12(17)10-4-3-5-11(8-10)18-13(14,15)16/h3-5,8-9,12H,6-7,17H2,1-2H3/t12-/m0/s1. The molecular weight excluding hydrogens is 243 g/mol. The first kappa shape index (κ1) is 14.8. The predicted octanol–water partition coefficient (Wildman–Crippen LogP) is 4.02. The van der Waals surface area contributed by atoms with Crippen molar-refractivity contribution in [2.24, 2.45) is 11.7 Å². The summed E-state index contributed by atoms with van der Waals surface area (Å²) >= 11 is 0. The lowest BCUT2D eigenvalue weighted by Gasteiger charge is -2.15. The van der Waals surface area contributed by atoms with Gasteiger partial charge >= 0.3 is 6.36 Å². The lowest BCUT2D eigenvalue weighted by atomic mass is 9.98. The van der Waals surface area contributed by atoms with Crippen LogP contribution in [0.1, 0.15) is 38.3 Å². The molecular formula is C13H18F3NO. The summed E-state index contributed by atoms with van der Waals surface area (Å²) in [4.78, 5) is 0. The van der Waals surface area contributed by atoms with Gasteiger partial charge in [-0.1, -0.05) is 26.0 Å². The number of rotatable bonds is 5. The van der Waals surface area contributed by atoms with Crippen LogP contribution in [0, 0.1) is 5.92 Å². The van der Waals surface area contributed by atoms with E-state index in [1.807, 2.05) is 0 Å². The van der Waals surface area contributed by atoms with Gasteiger partial charge < -0.3 is 10.5 Å². The average Bonchev–Trinajstić information content (AvgIpc) is 2.23. The van der Waals surface area contributed by atoms with Gasteiger partial charge in [-0.25, -0.2) is 0 Å². The van der Waals surface area contributed by atoms with E-state index < -0.39 is 6.36 Å². The molecule has 0 saturated carbocycles. The second-order valence-electron chi connectivity index (χ2n) is 4.70. The molecule has 2 N–H and O–H groups in total. The summed E-state index contributed by atoms with van der Waals surface area (Å²) in [6.45, 7) is 4.16. The maximum Gasteiger partial charge on any atom is 0.573 e. The van der Waals surface area contributed by atoms with E-state index in [0.29, 0.717) is 11.5 Å². The van der Waals surface area contributed by atoms with Crippen LogP contribution in [0.15, 0.2) is 24.3 Å². The van der Waals surface area contributed by atoms with Crippen LogP contribution < -0.4 is 10.5 Å². The van der Waals surface area contributed by atoms with E-state index in [0.717, 1.165) is 12.8 Å². The second kappa shape index (κ2) is 6.09. The van der Waals surface area contributed by atoms with Gasteiger partial charge in [0.25, 0.3) is 0 Å². The highest BCUT2D eigenvalue weighted by molar-refractivity contribution is 5.30. The van der Waals surface area contributed by atoms with Gasteiger partial charge in [0.15, 0.2) is 0 Å². The van der Waals surface area contributed by atoms with Crippen LogP contribution in [-0.4, -0.2) is 6.36 Å². The molecule has 0 bridgehead atoms. The van der Waals surface area contributed by atoms with Crippen LogP contribution in [-0.2, 0) is 0 Å². The van der Waals surface area contributed by atoms with Gasteiger partial charge in [-0.05, 0) is 36.5 Å². The third-order valence-corrected chi connectivity index (χ3v) is 2.57. The van der Waals surface area contributed by atoms with Crippen LogP contribution in [0.4, 0.5) is 13.2 Å². The smallest absolute Gasteiger partial charge is 0.406 e. The third-order valence-electron chi connectivity index (χ3n) is 2.57. The summed E-state index contributed by atoms with van der Waals surface area (Å²) in [5.74, 6) is 0.297. The highest BCUT2D eigenvalue weighted by atomic mass is 19.4. The first-order valence-electron chi connectivity index (χ1n) is 5.89. The maximum atomic E-state index is 12.1. The van der Waals surface area contributed by atoms with Crippen molar-refractivity contribution in [3.63, 3.8) is 0 Å². The summed E-state index contributed by atoms with van der Waals surface area (Å²) in [5.41, 5.74) is 6.60. The number of hydrogen-bond donors (Lipinski definition) is 1. The van der Waals surface area contributed by atoms with Gasteiger partial charge in [0.2, 0.25) is 0 Å². The Hall–Kier alpha value is -1.23. The van der Waals surface area contributed by atoms with E-state index >= 15 is 0 Å². The first-order chi connectivity index (χ1) is 8.28. The van der Waals surface area contributed by atoms with Crippen LogP contribution in [0.2, 0.25) is 0 Å². The van der Waals surface area contributed by atoms with Gasteiger partial charge in [0, 0.05) is 6.04 Å². The molecule has 0 aliphatic heterocycles. The van der Waals surface area contributed by atoms with Gasteiger partial charge in [0.1, 0.15) is 5.75 Å². The van der Waals surface area contributed by atoms with Crippen molar-refractivity contribution in [2.45, 2.75) is 39.1 Å². The van der Waals surface area contributed by atoms with Crippen molar-refractivity contribution < 1.29 is 17.9 Å². The Balaban J connectivity index is 2.69. The SMILES string of the molecule is CC(C)CC[C@H](N)c1cccc(OC(F)(F)F)c1. The zero-order valence-corrected chi connectivity index (χ0v) is 10.5. The van der Waals surface area contributed by atoms with E-state index in [-0.39, 0.29) is 11.8 Å². The molecule has 1 atom stereocenters. The lowest BCUT2D eigenvalue weighted by molar-refractivity contribution is -0.274. The molecule has 1 aromatic rings. The molecule has 0 aliphatic carbocycles. The van der Waals surface area contributed by atoms with E-state index in [1.165, 1.54) is 18.2 Å². The predicted molar refractivity (Wildman–Crippen MR) is 64.1 cm³/mol. The zero-order valence-electron chi connectivity index (χ0n) is 10.5. The Morgan fingerprint density at radius 2 is 1.89 bits per heavy atom. The van der Waals surface area contributed by atoms with Crippen LogP contribution >= 0.6 is 0 Å². The quantitative estimate of drug-likeness (QED) is 0.868. The molecule has 0 heterocycles. The summed E-state index contributed by atoms with van der Waals surface area (Å²) in [5, 5.41) is 0. The molecule has 0 aromatic heterocycles. The normalized spacial score (nSPS) is 13.7. The Morgan fingerprint density at radius 3 is 2.44 bits per heavy atom. The van der Waals surface area contributed by atoms with Gasteiger partial charge in [-0.2, -0.15) is 0 Å². The Bertz CT molecular complexity index is 377. The highest BCUT2D eigenvalue weighted by Gasteiger charge is 2.31. The Labute approximate surface area is 105 Å². The molecule has 2 nitrogen and oxygen atoms in total. The number of benzene rings is 1. The summed E-state index contributed by atoms with van der Waals surface area (Å²) in [7, 11) is 0. The lowest BCUT2D eigenvalue weighted by Crippen LogP contribution is -2.18. The third kappa shape index (κ3) is 5.40. The van der Waals surface area contributed by atoms with Crippen molar-refractivity contribution in [1.82, 2.24) is 0 Å². The van der Waals surface area contributed by atoms with Gasteiger partial charge in [0.05, 0.1) is 0 Å². The van der Waals surface area contributed by atoms with E-state index in [4.69, 9.17) is 5.73 Å². The molecule has 1 aromatic carbocycles. The van der Waals surface area contributed by atoms with Crippen LogP contribution in [0.5, 0.6) is 5.75 Å². The molecule has 0 fully saturated rings. The zero-order chi connectivity index (χ0) is 13.8. The molecule has 1 rings (SSSR count). The van der Waals surface area contributed by atoms with Crippen molar-refractivity contribution in [1.29, 1.82) is 0 Å². The Kier molecular flexibility index (Phi) is 5.02. The number of nitrogens with two attached hydrogens (primary N) is 1. The summed E-state index contributed by atoms with van der Waals surface area (Å²) < 4.78 is 40.1. The number of hydrogen-bond acceptors (Lipinski definition) is 2. The van der Waals surface area contributed by atoms with E-state index in [2.05, 4.69) is 18.6 Å². The number of halogens is 3. The Morgan fingerprint density at radius 1 is 1.22 bits per heavy atom. The van der Waals surface area contributed by atoms with Gasteiger partial charge in [-0.3, -0.25) is 0 Å². The number of ether oxygens (including phenoxy) is 1. The fraction of sp³-hybridized carbons (Fsp3) is 0.538. The minimum absolute atomic E-state index is 0.222. The molecule has 0 radical (unpaired) electrons. The molecule has 0 aliphatic rings. The molecule has 5 heteroatoms. The minimum Gasteiger partial charge on any atom is -0.406 e. The van der Waals surface area contributed by atoms with Gasteiger partial charge in [-0.15, -0.1) is 13.2 Å². The molecule has 18 heavy (non-hydrogen) atoms. The highest BCUT2D eigenvalue weighted by Crippen LogP contribution is 2.26. The number of alkyl halides is 3. The molecule has 0 saturated heterocycles. The van der Waals surface area contributed by atoms with Crippen LogP contribution in [0.25, 0.3) is 0 Å². The van der Waals surface area contributed by atoms with Crippen molar-refractivity contribution >= 4 is 0 Å². The summed E-state index contributed by atoms with van der Waals surface area (Å²) in [6, 6.07) is 5.59. The first-order valence-corrected chi connectivity index (χ1v) is 5.89. The maximum absolute atomic E-state index is 12.1. The average molecular weight is 261 g/mol. The topological polar surface area (TPSA) is 35.2 Å². The largest absolute Gasteiger partial charge is 0.573 e. The molecule has 0 unspecified atom stereocenters. The molecule has 0 spiro atoms. The van der Waals surface area contributed by atoms with E-state index in [9.17, 15) is 13.2 Å². The van der Waals surface area contributed by atoms with Crippen molar-refractivity contribution in [2.75, 3.05) is 0 Å². The fourth-order valence-electron chi connectivity index (χ4n) is 1.62. The monoisotopic (exact) mass is 261 g/mol. The summed E-state index contributed by atoms with van der Waals surface area (Å²) in [6.07, 6.45) is -2.99. The van der Waals surface area contributed by atoms with Crippen LogP contribution in [0.3, 0.4) is 0 Å². The fourth-order valence-corrected chi connectivity index (χ4v) is 1.62. The van der Waals surface area contributed by atoms with Crippen molar-refractivity contribution in [3.8, 4) is 5.75 Å². The van der Waals surface area contributed by atoms with Crippen molar-refractivity contribution in [3.05, 3.63) is 29.8 Å². The van der Waals surface area contributed by atoms with E-state index in [1.54, 1.807) is 6.07 Å².